The summed E-state index contributed by atoms with van der Waals surface area (Å²) in [6, 6.07) is 0. The van der Waals surface area contributed by atoms with E-state index in [1.165, 1.54) is 0 Å². The van der Waals surface area contributed by atoms with Crippen LogP contribution in [-0.4, -0.2) is 28.5 Å². The van der Waals surface area contributed by atoms with Gasteiger partial charge < -0.3 is 15.6 Å². The highest BCUT2D eigenvalue weighted by Gasteiger charge is 2.16. The van der Waals surface area contributed by atoms with Gasteiger partial charge in [-0.3, -0.25) is 0 Å². The monoisotopic (exact) mass is 104 g/mol. The maximum absolute atomic E-state index is 9.64. The van der Waals surface area contributed by atoms with Crippen molar-refractivity contribution >= 4 is 12.2 Å². The van der Waals surface area contributed by atoms with Crippen molar-refractivity contribution in [1.82, 2.24) is 0 Å². The molecule has 4 nitrogen and oxygen atoms in total. The number of aliphatic hydroxyl groups is 1. The fraction of sp³-hybridized carbons (Fsp3) is 0.333. The molecule has 0 saturated carbocycles. The van der Waals surface area contributed by atoms with Crippen molar-refractivity contribution in [3.05, 3.63) is 0 Å². The van der Waals surface area contributed by atoms with Crippen LogP contribution in [0.1, 0.15) is 0 Å². The zero-order valence-electron chi connectivity index (χ0n) is 3.51. The Balaban J connectivity index is 3.55. The molecular formula is C3H6NO3+. The average Bonchev–Trinajstić information content (AvgIpc) is 1.65. The quantitative estimate of drug-likeness (QED) is 0.321. The Kier molecular flexibility index (Phi) is 2.01. The van der Waals surface area contributed by atoms with Gasteiger partial charge >= 0.3 is 5.97 Å². The van der Waals surface area contributed by atoms with E-state index in [-0.39, 0.29) is 0 Å². The van der Waals surface area contributed by atoms with Gasteiger partial charge in [-0.1, -0.05) is 0 Å². The fourth-order valence-corrected chi connectivity index (χ4v) is 0.0757. The largest absolute Gasteiger partial charge is 0.562 e. The Labute approximate surface area is 39.9 Å². The second kappa shape index (κ2) is 2.30. The Morgan fingerprint density at radius 1 is 2.00 bits per heavy atom. The molecule has 0 amide bonds. The highest BCUT2D eigenvalue weighted by atomic mass is 16.4. The van der Waals surface area contributed by atoms with Gasteiger partial charge in [0.25, 0.3) is 0 Å². The smallest absolute Gasteiger partial charge is 0.550 e. The van der Waals surface area contributed by atoms with Crippen LogP contribution in [0.4, 0.5) is 0 Å². The van der Waals surface area contributed by atoms with Gasteiger partial charge in [0.1, 0.15) is 0 Å². The first-order chi connectivity index (χ1) is 3.18. The number of nitrogens with one attached hydrogen (secondary N) is 1. The van der Waals surface area contributed by atoms with Crippen molar-refractivity contribution in [3.8, 4) is 0 Å². The lowest BCUT2D eigenvalue weighted by Crippen LogP contribution is -2.19. The highest BCUT2D eigenvalue weighted by Crippen LogP contribution is 1.71. The summed E-state index contributed by atoms with van der Waals surface area (Å²) < 4.78 is 0. The SMILES string of the molecule is N=CC(O)C(=O)[OH2+]. The van der Waals surface area contributed by atoms with E-state index >= 15 is 0 Å². The molecule has 1 unspecified atom stereocenters. The van der Waals surface area contributed by atoms with Crippen LogP contribution in [0.5, 0.6) is 0 Å². The van der Waals surface area contributed by atoms with E-state index in [0.717, 1.165) is 0 Å². The van der Waals surface area contributed by atoms with Crippen LogP contribution in [-0.2, 0) is 4.79 Å². The molecule has 0 aliphatic rings. The third-order valence-electron chi connectivity index (χ3n) is 0.426. The predicted octanol–water partition coefficient (Wildman–Crippen LogP) is -1.75. The van der Waals surface area contributed by atoms with Crippen LogP contribution >= 0.6 is 0 Å². The van der Waals surface area contributed by atoms with E-state index in [2.05, 4.69) is 0 Å². The lowest BCUT2D eigenvalue weighted by Gasteiger charge is -1.83. The number of carbonyl (C=O) groups excluding carboxylic acids is 1. The van der Waals surface area contributed by atoms with E-state index in [1.807, 2.05) is 0 Å². The maximum Gasteiger partial charge on any atom is 0.550 e. The molecule has 0 aromatic heterocycles. The van der Waals surface area contributed by atoms with Crippen molar-refractivity contribution in [2.45, 2.75) is 6.10 Å². The van der Waals surface area contributed by atoms with Gasteiger partial charge in [-0.05, 0) is 0 Å². The third-order valence-corrected chi connectivity index (χ3v) is 0.426. The van der Waals surface area contributed by atoms with Crippen LogP contribution in [0.3, 0.4) is 0 Å². The first kappa shape index (κ1) is 6.10. The van der Waals surface area contributed by atoms with E-state index in [0.29, 0.717) is 6.21 Å². The van der Waals surface area contributed by atoms with Gasteiger partial charge in [0.05, 0.1) is 0 Å². The van der Waals surface area contributed by atoms with Gasteiger partial charge in [0.2, 0.25) is 6.10 Å². The van der Waals surface area contributed by atoms with E-state index < -0.39 is 12.1 Å². The first-order valence-corrected chi connectivity index (χ1v) is 1.62. The second-order valence-electron chi connectivity index (χ2n) is 0.976. The number of aliphatic hydroxyl groups excluding tert-OH is 1. The minimum absolute atomic E-state index is 0.509. The number of hydrogen-bond acceptors (Lipinski definition) is 3. The van der Waals surface area contributed by atoms with Crippen LogP contribution in [0.25, 0.3) is 0 Å². The zero-order valence-corrected chi connectivity index (χ0v) is 3.51. The standard InChI is InChI=1S/C3H5NO3/c4-1-2(5)3(6)7/h1-2,4-5H,(H,6,7)/p+1. The highest BCUT2D eigenvalue weighted by molar-refractivity contribution is 5.89. The molecule has 4 heteroatoms. The fourth-order valence-electron chi connectivity index (χ4n) is 0.0757. The van der Waals surface area contributed by atoms with Gasteiger partial charge in [-0.25, -0.2) is 0 Å². The van der Waals surface area contributed by atoms with E-state index in [4.69, 9.17) is 15.6 Å². The topological polar surface area (TPSA) is 84.0 Å². The van der Waals surface area contributed by atoms with Crippen LogP contribution < -0.4 is 0 Å². The van der Waals surface area contributed by atoms with Crippen LogP contribution in [0, 0.1) is 5.41 Å². The number of hydrogen-bond donors (Lipinski definition) is 2. The maximum atomic E-state index is 9.64. The summed E-state index contributed by atoms with van der Waals surface area (Å²) in [5, 5.41) is 20.5. The summed E-state index contributed by atoms with van der Waals surface area (Å²) in [7, 11) is 0. The molecule has 40 valence electrons. The van der Waals surface area contributed by atoms with E-state index in [9.17, 15) is 4.79 Å². The molecular weight excluding hydrogens is 98.0 g/mol. The van der Waals surface area contributed by atoms with Crippen molar-refractivity contribution in [1.29, 1.82) is 5.41 Å². The van der Waals surface area contributed by atoms with Crippen LogP contribution in [0.15, 0.2) is 0 Å². The molecule has 0 aromatic rings. The average molecular weight is 104 g/mol. The van der Waals surface area contributed by atoms with Crippen LogP contribution in [0.2, 0.25) is 0 Å². The molecule has 0 aromatic carbocycles. The van der Waals surface area contributed by atoms with Crippen molar-refractivity contribution in [2.75, 3.05) is 0 Å². The van der Waals surface area contributed by atoms with Crippen molar-refractivity contribution < 1.29 is 15.0 Å². The number of rotatable bonds is 2. The Morgan fingerprint density at radius 3 is 2.43 bits per heavy atom. The Bertz CT molecular complexity index is 90.2. The molecule has 0 spiro atoms. The summed E-state index contributed by atoms with van der Waals surface area (Å²) in [6.45, 7) is 0. The van der Waals surface area contributed by atoms with Crippen molar-refractivity contribution in [3.63, 3.8) is 0 Å². The molecule has 0 aliphatic carbocycles. The predicted molar refractivity (Wildman–Crippen MR) is 23.4 cm³/mol. The van der Waals surface area contributed by atoms with E-state index in [1.54, 1.807) is 0 Å². The molecule has 4 N–H and O–H groups in total. The van der Waals surface area contributed by atoms with Gasteiger partial charge in [0.15, 0.2) is 0 Å². The molecule has 7 heavy (non-hydrogen) atoms. The minimum atomic E-state index is -1.53. The molecule has 0 rings (SSSR count). The molecule has 0 radical (unpaired) electrons. The van der Waals surface area contributed by atoms with Gasteiger partial charge in [-0.2, -0.15) is 0 Å². The molecule has 0 fully saturated rings. The Morgan fingerprint density at radius 2 is 2.43 bits per heavy atom. The van der Waals surface area contributed by atoms with Gasteiger partial charge in [-0.15, -0.1) is 0 Å². The normalized spacial score (nSPS) is 12.7. The molecule has 1 atom stereocenters. The summed E-state index contributed by atoms with van der Waals surface area (Å²) in [4.78, 5) is 9.64. The molecule has 0 bridgehead atoms. The summed E-state index contributed by atoms with van der Waals surface area (Å²) in [5.41, 5.74) is 0. The molecule has 0 saturated heterocycles. The zero-order chi connectivity index (χ0) is 5.86. The summed E-state index contributed by atoms with van der Waals surface area (Å²) in [6.07, 6.45) is -1.02. The minimum Gasteiger partial charge on any atom is -0.562 e. The lowest BCUT2D eigenvalue weighted by molar-refractivity contribution is -0.142. The second-order valence-corrected chi connectivity index (χ2v) is 0.976. The third kappa shape index (κ3) is 1.88. The molecule has 0 heterocycles. The Hall–Kier alpha value is -0.900. The molecule has 0 aliphatic heterocycles. The lowest BCUT2D eigenvalue weighted by atomic mass is 10.4. The summed E-state index contributed by atoms with van der Waals surface area (Å²) >= 11 is 0. The number of carbonyl (C=O) groups is 1. The van der Waals surface area contributed by atoms with Gasteiger partial charge in [0, 0.05) is 11.0 Å². The van der Waals surface area contributed by atoms with Crippen molar-refractivity contribution in [2.24, 2.45) is 0 Å². The summed E-state index contributed by atoms with van der Waals surface area (Å²) in [5.74, 6) is -1.14. The first-order valence-electron chi connectivity index (χ1n) is 1.62.